The van der Waals surface area contributed by atoms with Crippen molar-refractivity contribution in [3.63, 3.8) is 0 Å². The van der Waals surface area contributed by atoms with Crippen LogP contribution in [0.3, 0.4) is 0 Å². The van der Waals surface area contributed by atoms with Crippen LogP contribution in [0.2, 0.25) is 0 Å². The second-order valence-corrected chi connectivity index (χ2v) is 6.39. The van der Waals surface area contributed by atoms with Gasteiger partial charge in [-0.15, -0.1) is 11.3 Å². The summed E-state index contributed by atoms with van der Waals surface area (Å²) in [4.78, 5) is 17.4. The summed E-state index contributed by atoms with van der Waals surface area (Å²) < 4.78 is 40.7. The minimum Gasteiger partial charge on any atom is -0.544 e. The molecule has 0 aliphatic rings. The summed E-state index contributed by atoms with van der Waals surface area (Å²) in [6.45, 7) is 0. The van der Waals surface area contributed by atoms with E-state index in [2.05, 4.69) is 9.97 Å². The first kappa shape index (κ1) is 16.6. The van der Waals surface area contributed by atoms with Crippen molar-refractivity contribution >= 4 is 39.7 Å². The lowest BCUT2D eigenvalue weighted by molar-refractivity contribution is -0.254. The van der Waals surface area contributed by atoms with Gasteiger partial charge in [0.2, 0.25) is 0 Å². The molecule has 0 spiro atoms. The molecule has 9 heteroatoms. The van der Waals surface area contributed by atoms with Crippen molar-refractivity contribution in [3.8, 4) is 0 Å². The Bertz CT molecular complexity index is 964. The summed E-state index contributed by atoms with van der Waals surface area (Å²) in [5.41, 5.74) is 0.0131. The van der Waals surface area contributed by atoms with Crippen molar-refractivity contribution in [2.45, 2.75) is 12.1 Å². The molecular weight excluding hydrogens is 361 g/mol. The molecule has 24 heavy (non-hydrogen) atoms. The van der Waals surface area contributed by atoms with Crippen molar-refractivity contribution in [2.24, 2.45) is 0 Å². The smallest absolute Gasteiger partial charge is 0.402 e. The predicted octanol–water partition coefficient (Wildman–Crippen LogP) is 3.41. The van der Waals surface area contributed by atoms with Gasteiger partial charge in [-0.3, -0.25) is 0 Å². The summed E-state index contributed by atoms with van der Waals surface area (Å²) in [6, 6.07) is 8.56. The van der Waals surface area contributed by atoms with Crippen LogP contribution in [-0.2, 0) is 0 Å². The number of alkyl halides is 3. The van der Waals surface area contributed by atoms with Crippen LogP contribution in [-0.4, -0.2) is 22.1 Å². The zero-order chi connectivity index (χ0) is 17.5. The Kier molecular flexibility index (Phi) is 4.14. The lowest BCUT2D eigenvalue weighted by Gasteiger charge is -2.20. The van der Waals surface area contributed by atoms with Crippen LogP contribution < -0.4 is 5.11 Å². The van der Waals surface area contributed by atoms with Gasteiger partial charge in [-0.1, -0.05) is 42.5 Å². The molecule has 3 aromatic rings. The number of carboxylic acid groups (broad SMARTS) is 1. The summed E-state index contributed by atoms with van der Waals surface area (Å²) in [7, 11) is 0. The fourth-order valence-corrected chi connectivity index (χ4v) is 3.54. The van der Waals surface area contributed by atoms with Gasteiger partial charge < -0.3 is 14.9 Å². The van der Waals surface area contributed by atoms with Crippen molar-refractivity contribution < 1.29 is 23.1 Å². The molecule has 1 atom stereocenters. The van der Waals surface area contributed by atoms with E-state index in [1.807, 2.05) is 0 Å². The Hall–Kier alpha value is -2.26. The van der Waals surface area contributed by atoms with Crippen molar-refractivity contribution in [1.82, 2.24) is 9.97 Å². The van der Waals surface area contributed by atoms with Gasteiger partial charge >= 0.3 is 6.18 Å². The number of carbonyl (C=O) groups excluding carboxylic acids is 1. The van der Waals surface area contributed by atoms with E-state index in [1.54, 1.807) is 6.07 Å². The highest BCUT2D eigenvalue weighted by atomic mass is 32.1. The van der Waals surface area contributed by atoms with E-state index < -0.39 is 18.1 Å². The number of carbonyl (C=O) groups is 1. The van der Waals surface area contributed by atoms with Crippen molar-refractivity contribution in [1.29, 1.82) is 0 Å². The SMILES string of the molecule is O=C([O-])c1cc2c(=S)[nH]c(C(c3ccccc3)C(F)(F)F)nc2s1. The van der Waals surface area contributed by atoms with Gasteiger partial charge in [-0.05, 0) is 11.6 Å². The highest BCUT2D eigenvalue weighted by Gasteiger charge is 2.43. The third-order valence-corrected chi connectivity index (χ3v) is 4.69. The third-order valence-electron chi connectivity index (χ3n) is 3.36. The number of H-pyrrole nitrogens is 1. The molecule has 1 unspecified atom stereocenters. The van der Waals surface area contributed by atoms with E-state index in [1.165, 1.54) is 30.3 Å². The Labute approximate surface area is 142 Å². The van der Waals surface area contributed by atoms with Crippen LogP contribution in [0, 0.1) is 4.64 Å². The maximum absolute atomic E-state index is 13.6. The van der Waals surface area contributed by atoms with E-state index >= 15 is 0 Å². The molecule has 0 fully saturated rings. The zero-order valence-electron chi connectivity index (χ0n) is 11.8. The first-order chi connectivity index (χ1) is 11.3. The largest absolute Gasteiger partial charge is 0.544 e. The van der Waals surface area contributed by atoms with Crippen LogP contribution in [0.15, 0.2) is 36.4 Å². The molecule has 0 saturated heterocycles. The van der Waals surface area contributed by atoms with Gasteiger partial charge in [0.05, 0.1) is 10.8 Å². The van der Waals surface area contributed by atoms with Gasteiger partial charge in [-0.25, -0.2) is 4.98 Å². The van der Waals surface area contributed by atoms with E-state index in [4.69, 9.17) is 12.2 Å². The predicted molar refractivity (Wildman–Crippen MR) is 83.5 cm³/mol. The van der Waals surface area contributed by atoms with Crippen molar-refractivity contribution in [2.75, 3.05) is 0 Å². The van der Waals surface area contributed by atoms with Gasteiger partial charge in [0.25, 0.3) is 0 Å². The highest BCUT2D eigenvalue weighted by molar-refractivity contribution is 7.71. The van der Waals surface area contributed by atoms with Crippen LogP contribution in [0.25, 0.3) is 10.2 Å². The number of nitrogens with zero attached hydrogens (tertiary/aromatic N) is 1. The first-order valence-corrected chi connectivity index (χ1v) is 7.86. The molecule has 0 amide bonds. The van der Waals surface area contributed by atoms with Crippen molar-refractivity contribution in [3.05, 3.63) is 57.3 Å². The van der Waals surface area contributed by atoms with Gasteiger partial charge in [0, 0.05) is 5.39 Å². The van der Waals surface area contributed by atoms with Gasteiger partial charge in [0.15, 0.2) is 0 Å². The molecule has 0 radical (unpaired) electrons. The number of aromatic amines is 1. The number of halogens is 3. The third kappa shape index (κ3) is 3.04. The standard InChI is InChI=1S/C15H9F3N2O2S2/c16-15(17,18)10(7-4-2-1-3-5-7)11-19-12(23)8-6-9(14(21)22)24-13(8)20-11/h1-6,10H,(H,21,22)(H,19,20,23)/p-1. The Morgan fingerprint density at radius 1 is 1.29 bits per heavy atom. The van der Waals surface area contributed by atoms with Crippen LogP contribution in [0.5, 0.6) is 0 Å². The summed E-state index contributed by atoms with van der Waals surface area (Å²) in [5, 5.41) is 11.2. The van der Waals surface area contributed by atoms with Gasteiger partial charge in [-0.2, -0.15) is 13.2 Å². The quantitative estimate of drug-likeness (QED) is 0.719. The summed E-state index contributed by atoms with van der Waals surface area (Å²) >= 11 is 5.79. The molecule has 4 nitrogen and oxygen atoms in total. The lowest BCUT2D eigenvalue weighted by Crippen LogP contribution is -2.24. The second kappa shape index (κ2) is 5.99. The summed E-state index contributed by atoms with van der Waals surface area (Å²) in [6.07, 6.45) is -4.59. The molecule has 2 aromatic heterocycles. The van der Waals surface area contributed by atoms with Crippen LogP contribution in [0.1, 0.15) is 27.0 Å². The fourth-order valence-electron chi connectivity index (χ4n) is 2.33. The molecule has 0 saturated carbocycles. The fraction of sp³-hybridized carbons (Fsp3) is 0.133. The van der Waals surface area contributed by atoms with Crippen LogP contribution >= 0.6 is 23.6 Å². The Balaban J connectivity index is 2.22. The molecule has 0 bridgehead atoms. The molecular formula is C15H8F3N2O2S2-. The normalized spacial score (nSPS) is 13.1. The number of aromatic carboxylic acids is 1. The first-order valence-electron chi connectivity index (χ1n) is 6.64. The highest BCUT2D eigenvalue weighted by Crippen LogP contribution is 2.39. The molecule has 3 rings (SSSR count). The minimum atomic E-state index is -4.59. The number of nitrogens with one attached hydrogen (secondary N) is 1. The number of rotatable bonds is 3. The topological polar surface area (TPSA) is 68.8 Å². The molecule has 0 aliphatic carbocycles. The lowest BCUT2D eigenvalue weighted by atomic mass is 9.97. The average molecular weight is 369 g/mol. The number of hydrogen-bond donors (Lipinski definition) is 1. The summed E-state index contributed by atoms with van der Waals surface area (Å²) in [5.74, 6) is -3.79. The maximum Gasteiger partial charge on any atom is 0.402 e. The zero-order valence-corrected chi connectivity index (χ0v) is 13.4. The van der Waals surface area contributed by atoms with Crippen LogP contribution in [0.4, 0.5) is 13.2 Å². The molecule has 1 aromatic carbocycles. The minimum absolute atomic E-state index is 0.00364. The molecule has 1 N–H and O–H groups in total. The average Bonchev–Trinajstić information content (AvgIpc) is 2.92. The maximum atomic E-state index is 13.6. The van der Waals surface area contributed by atoms with E-state index in [0.717, 1.165) is 11.3 Å². The molecule has 124 valence electrons. The Morgan fingerprint density at radius 2 is 1.96 bits per heavy atom. The monoisotopic (exact) mass is 369 g/mol. The van der Waals surface area contributed by atoms with E-state index in [0.29, 0.717) is 0 Å². The second-order valence-electron chi connectivity index (χ2n) is 4.95. The number of hydrogen-bond acceptors (Lipinski definition) is 5. The number of benzene rings is 1. The Morgan fingerprint density at radius 3 is 2.54 bits per heavy atom. The van der Waals surface area contributed by atoms with E-state index in [-0.39, 0.29) is 31.1 Å². The number of fused-ring (bicyclic) bond motifs is 1. The number of carboxylic acids is 1. The van der Waals surface area contributed by atoms with Gasteiger partial charge in [0.1, 0.15) is 21.2 Å². The molecule has 2 heterocycles. The molecule has 0 aliphatic heterocycles. The number of aromatic nitrogens is 2. The van der Waals surface area contributed by atoms with E-state index in [9.17, 15) is 23.1 Å². The number of thiophene rings is 1.